The summed E-state index contributed by atoms with van der Waals surface area (Å²) in [5.41, 5.74) is -0.519. The van der Waals surface area contributed by atoms with Crippen LogP contribution in [-0.2, 0) is 9.53 Å². The minimum absolute atomic E-state index is 0.214. The minimum atomic E-state index is -0.519. The van der Waals surface area contributed by atoms with Crippen molar-refractivity contribution in [3.63, 3.8) is 0 Å². The predicted molar refractivity (Wildman–Crippen MR) is 40.5 cm³/mol. The molecule has 1 aliphatic carbocycles. The van der Waals surface area contributed by atoms with Gasteiger partial charge in [-0.3, -0.25) is 5.84 Å². The summed E-state index contributed by atoms with van der Waals surface area (Å²) < 4.78 is 4.66. The number of carbonyl (C=O) groups excluding carboxylic acids is 1. The second-order valence-corrected chi connectivity index (χ2v) is 2.99. The number of carbonyl (C=O) groups is 1. The Hall–Kier alpha value is -0.610. The van der Waals surface area contributed by atoms with Crippen molar-refractivity contribution in [1.29, 1.82) is 0 Å². The van der Waals surface area contributed by atoms with Crippen LogP contribution in [0.15, 0.2) is 0 Å². The van der Waals surface area contributed by atoms with Gasteiger partial charge in [0.1, 0.15) is 5.54 Å². The third-order valence-corrected chi connectivity index (χ3v) is 2.42. The summed E-state index contributed by atoms with van der Waals surface area (Å²) in [7, 11) is 3.10. The van der Waals surface area contributed by atoms with Gasteiger partial charge in [-0.1, -0.05) is 0 Å². The van der Waals surface area contributed by atoms with Crippen molar-refractivity contribution in [1.82, 2.24) is 5.01 Å². The van der Waals surface area contributed by atoms with E-state index in [0.717, 1.165) is 19.3 Å². The van der Waals surface area contributed by atoms with Gasteiger partial charge < -0.3 is 4.74 Å². The molecule has 4 heteroatoms. The zero-order valence-corrected chi connectivity index (χ0v) is 6.96. The van der Waals surface area contributed by atoms with E-state index < -0.39 is 5.54 Å². The van der Waals surface area contributed by atoms with E-state index in [4.69, 9.17) is 5.84 Å². The highest BCUT2D eigenvalue weighted by Gasteiger charge is 2.47. The highest BCUT2D eigenvalue weighted by molar-refractivity contribution is 5.81. The average Bonchev–Trinajstić information content (AvgIpc) is 1.84. The van der Waals surface area contributed by atoms with Crippen LogP contribution in [0.5, 0.6) is 0 Å². The van der Waals surface area contributed by atoms with Crippen molar-refractivity contribution in [2.75, 3.05) is 14.2 Å². The molecule has 0 spiro atoms. The maximum Gasteiger partial charge on any atom is 0.327 e. The van der Waals surface area contributed by atoms with Crippen LogP contribution in [0.25, 0.3) is 0 Å². The molecule has 1 fully saturated rings. The lowest BCUT2D eigenvalue weighted by Crippen LogP contribution is -2.60. The molecule has 0 radical (unpaired) electrons. The lowest BCUT2D eigenvalue weighted by Gasteiger charge is -2.43. The van der Waals surface area contributed by atoms with Crippen LogP contribution < -0.4 is 5.84 Å². The number of esters is 1. The summed E-state index contributed by atoms with van der Waals surface area (Å²) in [4.78, 5) is 11.2. The van der Waals surface area contributed by atoms with Gasteiger partial charge in [-0.2, -0.15) is 0 Å². The molecule has 11 heavy (non-hydrogen) atoms. The Morgan fingerprint density at radius 3 is 2.27 bits per heavy atom. The number of hydrazine groups is 1. The number of methoxy groups -OCH3 is 1. The molecule has 0 unspecified atom stereocenters. The van der Waals surface area contributed by atoms with E-state index in [1.54, 1.807) is 7.05 Å². The number of nitrogens with two attached hydrogens (primary N) is 1. The molecule has 0 bridgehead atoms. The first-order valence-corrected chi connectivity index (χ1v) is 3.70. The van der Waals surface area contributed by atoms with E-state index in [1.807, 2.05) is 0 Å². The van der Waals surface area contributed by atoms with Gasteiger partial charge in [-0.05, 0) is 19.3 Å². The molecule has 0 aromatic heterocycles. The Bertz CT molecular complexity index is 164. The van der Waals surface area contributed by atoms with E-state index in [1.165, 1.54) is 12.1 Å². The Kier molecular flexibility index (Phi) is 2.15. The van der Waals surface area contributed by atoms with Gasteiger partial charge in [-0.25, -0.2) is 9.80 Å². The van der Waals surface area contributed by atoms with Crippen molar-refractivity contribution in [2.45, 2.75) is 24.8 Å². The molecular formula is C7H14N2O2. The summed E-state index contributed by atoms with van der Waals surface area (Å²) in [6.45, 7) is 0. The SMILES string of the molecule is COC(=O)C1(N(C)N)CCC1. The van der Waals surface area contributed by atoms with E-state index >= 15 is 0 Å². The molecule has 0 amide bonds. The van der Waals surface area contributed by atoms with Crippen LogP contribution in [0.2, 0.25) is 0 Å². The van der Waals surface area contributed by atoms with Gasteiger partial charge in [0.2, 0.25) is 0 Å². The lowest BCUT2D eigenvalue weighted by atomic mass is 9.76. The fourth-order valence-corrected chi connectivity index (χ4v) is 1.40. The van der Waals surface area contributed by atoms with Gasteiger partial charge >= 0.3 is 5.97 Å². The summed E-state index contributed by atoms with van der Waals surface area (Å²) >= 11 is 0. The summed E-state index contributed by atoms with van der Waals surface area (Å²) in [6.07, 6.45) is 2.68. The molecule has 0 aromatic rings. The molecule has 0 aromatic carbocycles. The molecule has 4 nitrogen and oxygen atoms in total. The first-order chi connectivity index (χ1) is 5.13. The Balaban J connectivity index is 2.67. The molecule has 0 saturated heterocycles. The zero-order chi connectivity index (χ0) is 8.48. The minimum Gasteiger partial charge on any atom is -0.468 e. The normalized spacial score (nSPS) is 21.1. The van der Waals surface area contributed by atoms with Crippen LogP contribution in [0.4, 0.5) is 0 Å². The van der Waals surface area contributed by atoms with E-state index in [-0.39, 0.29) is 5.97 Å². The van der Waals surface area contributed by atoms with Gasteiger partial charge in [0, 0.05) is 7.05 Å². The maximum atomic E-state index is 11.2. The smallest absolute Gasteiger partial charge is 0.327 e. The van der Waals surface area contributed by atoms with Gasteiger partial charge in [0.15, 0.2) is 0 Å². The fraction of sp³-hybridized carbons (Fsp3) is 0.857. The molecule has 0 aliphatic heterocycles. The van der Waals surface area contributed by atoms with Crippen LogP contribution in [0.1, 0.15) is 19.3 Å². The molecule has 0 atom stereocenters. The highest BCUT2D eigenvalue weighted by Crippen LogP contribution is 2.36. The van der Waals surface area contributed by atoms with Gasteiger partial charge in [0.05, 0.1) is 7.11 Å². The highest BCUT2D eigenvalue weighted by atomic mass is 16.5. The van der Waals surface area contributed by atoms with Gasteiger partial charge in [0.25, 0.3) is 0 Å². The molecule has 1 saturated carbocycles. The first kappa shape index (κ1) is 8.49. The Morgan fingerprint density at radius 2 is 2.18 bits per heavy atom. The maximum absolute atomic E-state index is 11.2. The summed E-state index contributed by atoms with van der Waals surface area (Å²) in [6, 6.07) is 0. The Labute approximate surface area is 66.3 Å². The van der Waals surface area contributed by atoms with Crippen LogP contribution in [0, 0.1) is 0 Å². The molecule has 2 N–H and O–H groups in total. The van der Waals surface area contributed by atoms with Crippen molar-refractivity contribution in [3.05, 3.63) is 0 Å². The van der Waals surface area contributed by atoms with Crippen molar-refractivity contribution < 1.29 is 9.53 Å². The standard InChI is InChI=1S/C7H14N2O2/c1-9(8)7(4-3-5-7)6(10)11-2/h3-5,8H2,1-2H3. The predicted octanol–water partition coefficient (Wildman–Crippen LogP) is -0.112. The van der Waals surface area contributed by atoms with Gasteiger partial charge in [-0.15, -0.1) is 0 Å². The van der Waals surface area contributed by atoms with Crippen LogP contribution >= 0.6 is 0 Å². The molecular weight excluding hydrogens is 144 g/mol. The summed E-state index contributed by atoms with van der Waals surface area (Å²) in [5.74, 6) is 5.33. The van der Waals surface area contributed by atoms with Crippen LogP contribution in [-0.4, -0.2) is 30.7 Å². The van der Waals surface area contributed by atoms with Crippen molar-refractivity contribution in [2.24, 2.45) is 5.84 Å². The number of likely N-dealkylation sites (N-methyl/N-ethyl adjacent to an activating group) is 1. The largest absolute Gasteiger partial charge is 0.468 e. The fourth-order valence-electron chi connectivity index (χ4n) is 1.40. The van der Waals surface area contributed by atoms with Crippen LogP contribution in [0.3, 0.4) is 0 Å². The van der Waals surface area contributed by atoms with Crippen molar-refractivity contribution in [3.8, 4) is 0 Å². The van der Waals surface area contributed by atoms with E-state index in [2.05, 4.69) is 4.74 Å². The zero-order valence-electron chi connectivity index (χ0n) is 6.96. The summed E-state index contributed by atoms with van der Waals surface area (Å²) in [5, 5.41) is 1.46. The average molecular weight is 158 g/mol. The second-order valence-electron chi connectivity index (χ2n) is 2.99. The molecule has 0 heterocycles. The Morgan fingerprint density at radius 1 is 1.64 bits per heavy atom. The molecule has 1 aliphatic rings. The number of hydrogen-bond donors (Lipinski definition) is 1. The molecule has 1 rings (SSSR count). The number of hydrogen-bond acceptors (Lipinski definition) is 4. The third-order valence-electron chi connectivity index (χ3n) is 2.42. The number of nitrogens with zero attached hydrogens (tertiary/aromatic N) is 1. The quantitative estimate of drug-likeness (QED) is 0.346. The number of rotatable bonds is 2. The molecule has 64 valence electrons. The first-order valence-electron chi connectivity index (χ1n) is 3.70. The monoisotopic (exact) mass is 158 g/mol. The van der Waals surface area contributed by atoms with E-state index in [9.17, 15) is 4.79 Å². The number of ether oxygens (including phenoxy) is 1. The van der Waals surface area contributed by atoms with E-state index in [0.29, 0.717) is 0 Å². The second kappa shape index (κ2) is 2.79. The topological polar surface area (TPSA) is 55.6 Å². The lowest BCUT2D eigenvalue weighted by molar-refractivity contribution is -0.161. The van der Waals surface area contributed by atoms with Crippen molar-refractivity contribution >= 4 is 5.97 Å². The third kappa shape index (κ3) is 1.12.